The van der Waals surface area contributed by atoms with E-state index in [4.69, 9.17) is 0 Å². The minimum absolute atomic E-state index is 0. The number of halogens is 1. The maximum absolute atomic E-state index is 12.2. The van der Waals surface area contributed by atoms with Crippen molar-refractivity contribution in [2.75, 3.05) is 19.6 Å². The van der Waals surface area contributed by atoms with Crippen molar-refractivity contribution in [3.05, 3.63) is 0 Å². The van der Waals surface area contributed by atoms with Crippen molar-refractivity contribution in [1.29, 1.82) is 0 Å². The number of rotatable bonds is 5. The van der Waals surface area contributed by atoms with E-state index in [0.717, 1.165) is 13.1 Å². The van der Waals surface area contributed by atoms with Gasteiger partial charge in [0.2, 0.25) is 5.91 Å². The summed E-state index contributed by atoms with van der Waals surface area (Å²) in [5.74, 6) is 0.436. The summed E-state index contributed by atoms with van der Waals surface area (Å²) in [6.07, 6.45) is 0. The Balaban J connectivity index is 0.00000400. The van der Waals surface area contributed by atoms with E-state index in [2.05, 4.69) is 21.3 Å². The minimum atomic E-state index is -0.509. The van der Waals surface area contributed by atoms with Gasteiger partial charge in [-0.3, -0.25) is 4.79 Å². The third kappa shape index (κ3) is 7.52. The van der Waals surface area contributed by atoms with Crippen LogP contribution < -0.4 is 21.3 Å². The molecular weight excluding hydrogens is 292 g/mol. The van der Waals surface area contributed by atoms with Crippen LogP contribution in [0.1, 0.15) is 34.6 Å². The fourth-order valence-electron chi connectivity index (χ4n) is 1.90. The van der Waals surface area contributed by atoms with Crippen molar-refractivity contribution < 1.29 is 9.59 Å². The molecule has 0 aliphatic carbocycles. The van der Waals surface area contributed by atoms with Crippen LogP contribution in [-0.4, -0.2) is 43.2 Å². The summed E-state index contributed by atoms with van der Waals surface area (Å²) < 4.78 is 0. The second-order valence-electron chi connectivity index (χ2n) is 6.84. The molecule has 1 aliphatic heterocycles. The molecule has 6 nitrogen and oxygen atoms in total. The average molecular weight is 321 g/mol. The molecule has 3 amide bonds. The Kier molecular flexibility index (Phi) is 8.03. The molecule has 7 heteroatoms. The average Bonchev–Trinajstić information content (AvgIpc) is 2.20. The van der Waals surface area contributed by atoms with Gasteiger partial charge < -0.3 is 21.3 Å². The summed E-state index contributed by atoms with van der Waals surface area (Å²) in [4.78, 5) is 24.0. The zero-order valence-electron chi connectivity index (χ0n) is 13.6. The third-order valence-corrected chi connectivity index (χ3v) is 3.16. The predicted octanol–water partition coefficient (Wildman–Crippen LogP) is 0.866. The maximum atomic E-state index is 12.2. The Bertz CT molecular complexity index is 351. The fraction of sp³-hybridized carbons (Fsp3) is 0.857. The molecule has 1 heterocycles. The molecule has 0 radical (unpaired) electrons. The Morgan fingerprint density at radius 2 is 1.81 bits per heavy atom. The first-order chi connectivity index (χ1) is 9.19. The van der Waals surface area contributed by atoms with Gasteiger partial charge in [-0.05, 0) is 26.7 Å². The second-order valence-corrected chi connectivity index (χ2v) is 6.84. The molecule has 1 aliphatic rings. The van der Waals surface area contributed by atoms with Gasteiger partial charge in [0.1, 0.15) is 6.04 Å². The van der Waals surface area contributed by atoms with E-state index >= 15 is 0 Å². The van der Waals surface area contributed by atoms with Gasteiger partial charge in [-0.15, -0.1) is 12.4 Å². The lowest BCUT2D eigenvalue weighted by Crippen LogP contribution is -2.57. The molecular formula is C14H29ClN4O2. The van der Waals surface area contributed by atoms with Crippen LogP contribution in [0.25, 0.3) is 0 Å². The quantitative estimate of drug-likeness (QED) is 0.606. The zero-order valence-corrected chi connectivity index (χ0v) is 14.4. The number of amides is 3. The maximum Gasteiger partial charge on any atom is 0.315 e. The van der Waals surface area contributed by atoms with Gasteiger partial charge in [0.05, 0.1) is 0 Å². The lowest BCUT2D eigenvalue weighted by atomic mass is 10.0. The fourth-order valence-corrected chi connectivity index (χ4v) is 1.90. The van der Waals surface area contributed by atoms with E-state index in [1.54, 1.807) is 0 Å². The van der Waals surface area contributed by atoms with E-state index in [9.17, 15) is 9.59 Å². The largest absolute Gasteiger partial charge is 0.354 e. The molecule has 0 unspecified atom stereocenters. The Hall–Kier alpha value is -1.01. The van der Waals surface area contributed by atoms with Crippen molar-refractivity contribution in [3.8, 4) is 0 Å². The monoisotopic (exact) mass is 320 g/mol. The Labute approximate surface area is 133 Å². The number of carbonyl (C=O) groups is 2. The van der Waals surface area contributed by atoms with Crippen LogP contribution in [0.3, 0.4) is 0 Å². The summed E-state index contributed by atoms with van der Waals surface area (Å²) in [7, 11) is 0. The molecule has 1 atom stereocenters. The van der Waals surface area contributed by atoms with E-state index in [-0.39, 0.29) is 35.8 Å². The van der Waals surface area contributed by atoms with Crippen LogP contribution in [0.15, 0.2) is 0 Å². The molecule has 0 aromatic carbocycles. The van der Waals surface area contributed by atoms with Gasteiger partial charge >= 0.3 is 6.03 Å². The number of hydrogen-bond acceptors (Lipinski definition) is 3. The summed E-state index contributed by atoms with van der Waals surface area (Å²) in [6.45, 7) is 12.1. The van der Waals surface area contributed by atoms with E-state index in [0.29, 0.717) is 12.5 Å². The molecule has 4 N–H and O–H groups in total. The van der Waals surface area contributed by atoms with E-state index < -0.39 is 6.04 Å². The standard InChI is InChI=1S/C14H28N4O2.ClH/c1-9(2)11(17-13(20)18-14(3,4)5)12(19)16-8-10-6-15-7-10;/h9-11,15H,6-8H2,1-5H3,(H,16,19)(H2,17,18,20);1H/t11-;/m0./s1. The SMILES string of the molecule is CC(C)[C@H](NC(=O)NC(C)(C)C)C(=O)NCC1CNC1.Cl. The summed E-state index contributed by atoms with van der Waals surface area (Å²) in [6, 6.07) is -0.818. The first-order valence-electron chi connectivity index (χ1n) is 7.26. The Morgan fingerprint density at radius 3 is 2.19 bits per heavy atom. The van der Waals surface area contributed by atoms with Gasteiger partial charge in [-0.1, -0.05) is 13.8 Å². The number of carbonyl (C=O) groups excluding carboxylic acids is 2. The first-order valence-corrected chi connectivity index (χ1v) is 7.26. The molecule has 0 spiro atoms. The molecule has 1 fully saturated rings. The van der Waals surface area contributed by atoms with Crippen molar-refractivity contribution in [3.63, 3.8) is 0 Å². The van der Waals surface area contributed by atoms with Crippen LogP contribution in [0.2, 0.25) is 0 Å². The van der Waals surface area contributed by atoms with Gasteiger partial charge in [-0.25, -0.2) is 4.79 Å². The van der Waals surface area contributed by atoms with Crippen LogP contribution in [0.5, 0.6) is 0 Å². The summed E-state index contributed by atoms with van der Waals surface area (Å²) >= 11 is 0. The predicted molar refractivity (Wildman–Crippen MR) is 86.7 cm³/mol. The van der Waals surface area contributed by atoms with Crippen molar-refractivity contribution in [2.45, 2.75) is 46.2 Å². The third-order valence-electron chi connectivity index (χ3n) is 3.16. The summed E-state index contributed by atoms with van der Waals surface area (Å²) in [5.41, 5.74) is -0.320. The van der Waals surface area contributed by atoms with Crippen LogP contribution in [-0.2, 0) is 4.79 Å². The lowest BCUT2D eigenvalue weighted by Gasteiger charge is -2.29. The molecule has 0 aromatic heterocycles. The molecule has 0 bridgehead atoms. The van der Waals surface area contributed by atoms with Crippen LogP contribution >= 0.6 is 12.4 Å². The van der Waals surface area contributed by atoms with Crippen LogP contribution in [0, 0.1) is 11.8 Å². The molecule has 0 saturated carbocycles. The van der Waals surface area contributed by atoms with E-state index in [1.807, 2.05) is 34.6 Å². The van der Waals surface area contributed by atoms with Crippen molar-refractivity contribution >= 4 is 24.3 Å². The highest BCUT2D eigenvalue weighted by Gasteiger charge is 2.26. The van der Waals surface area contributed by atoms with Crippen molar-refractivity contribution in [2.24, 2.45) is 11.8 Å². The van der Waals surface area contributed by atoms with Gasteiger partial charge in [0, 0.05) is 31.1 Å². The van der Waals surface area contributed by atoms with E-state index in [1.165, 1.54) is 0 Å². The normalized spacial score (nSPS) is 16.5. The second kappa shape index (κ2) is 8.44. The highest BCUT2D eigenvalue weighted by molar-refractivity contribution is 5.87. The molecule has 0 aromatic rings. The molecule has 21 heavy (non-hydrogen) atoms. The highest BCUT2D eigenvalue weighted by Crippen LogP contribution is 2.05. The summed E-state index contributed by atoms with van der Waals surface area (Å²) in [5, 5.41) is 11.6. The molecule has 1 saturated heterocycles. The van der Waals surface area contributed by atoms with Gasteiger partial charge in [0.25, 0.3) is 0 Å². The van der Waals surface area contributed by atoms with Crippen molar-refractivity contribution in [1.82, 2.24) is 21.3 Å². The van der Waals surface area contributed by atoms with Crippen LogP contribution in [0.4, 0.5) is 4.79 Å². The smallest absolute Gasteiger partial charge is 0.315 e. The topological polar surface area (TPSA) is 82.3 Å². The molecule has 1 rings (SSSR count). The lowest BCUT2D eigenvalue weighted by molar-refractivity contribution is -0.124. The zero-order chi connectivity index (χ0) is 15.3. The minimum Gasteiger partial charge on any atom is -0.354 e. The molecule has 124 valence electrons. The first kappa shape index (κ1) is 20.0. The highest BCUT2D eigenvalue weighted by atomic mass is 35.5. The van der Waals surface area contributed by atoms with Gasteiger partial charge in [0.15, 0.2) is 0 Å². The number of hydrogen-bond donors (Lipinski definition) is 4. The number of urea groups is 1. The van der Waals surface area contributed by atoms with Gasteiger partial charge in [-0.2, -0.15) is 0 Å². The number of nitrogens with one attached hydrogen (secondary N) is 4. The Morgan fingerprint density at radius 1 is 1.24 bits per heavy atom.